The number of aromatic nitrogens is 3. The molecule has 28 heavy (non-hydrogen) atoms. The van der Waals surface area contributed by atoms with Crippen LogP contribution in [0.1, 0.15) is 39.1 Å². The van der Waals surface area contributed by atoms with Gasteiger partial charge in [0.05, 0.1) is 5.69 Å². The van der Waals surface area contributed by atoms with Crippen LogP contribution in [0.2, 0.25) is 0 Å². The standard InChI is InChI=1S/C19H20N4O4S/c1-4-15-22-23-16(24)8-14(21-19(23)28-15)10-27-17(25)9-20-18(26)13-6-5-11(2)12(3)7-13/h5-8H,4,9-10H2,1-3H3,(H,20,26). The van der Waals surface area contributed by atoms with Crippen molar-refractivity contribution in [2.24, 2.45) is 0 Å². The number of nitrogens with zero attached hydrogens (tertiary/aromatic N) is 3. The number of esters is 1. The predicted octanol–water partition coefficient (Wildman–Crippen LogP) is 1.80. The van der Waals surface area contributed by atoms with Crippen LogP contribution in [0.15, 0.2) is 29.1 Å². The van der Waals surface area contributed by atoms with E-state index in [1.165, 1.54) is 21.9 Å². The van der Waals surface area contributed by atoms with Gasteiger partial charge in [-0.1, -0.05) is 24.3 Å². The zero-order valence-corrected chi connectivity index (χ0v) is 16.6. The number of amides is 1. The Morgan fingerprint density at radius 3 is 2.71 bits per heavy atom. The molecule has 0 fully saturated rings. The second-order valence-corrected chi connectivity index (χ2v) is 7.31. The van der Waals surface area contributed by atoms with E-state index in [2.05, 4.69) is 15.4 Å². The highest BCUT2D eigenvalue weighted by Crippen LogP contribution is 2.12. The Balaban J connectivity index is 1.56. The van der Waals surface area contributed by atoms with Gasteiger partial charge >= 0.3 is 5.97 Å². The monoisotopic (exact) mass is 400 g/mol. The van der Waals surface area contributed by atoms with Crippen molar-refractivity contribution < 1.29 is 14.3 Å². The molecule has 0 aliphatic carbocycles. The molecule has 0 aliphatic heterocycles. The first-order valence-electron chi connectivity index (χ1n) is 8.77. The molecular formula is C19H20N4O4S. The van der Waals surface area contributed by atoms with Crippen molar-refractivity contribution in [3.63, 3.8) is 0 Å². The highest BCUT2D eigenvalue weighted by molar-refractivity contribution is 7.16. The summed E-state index contributed by atoms with van der Waals surface area (Å²) < 4.78 is 6.35. The first kappa shape index (κ1) is 19.7. The van der Waals surface area contributed by atoms with Crippen LogP contribution in [0, 0.1) is 13.8 Å². The van der Waals surface area contributed by atoms with Gasteiger partial charge in [-0.25, -0.2) is 4.98 Å². The van der Waals surface area contributed by atoms with Crippen LogP contribution in [-0.2, 0) is 22.6 Å². The zero-order valence-electron chi connectivity index (χ0n) is 15.8. The molecule has 0 radical (unpaired) electrons. The molecule has 3 rings (SSSR count). The van der Waals surface area contributed by atoms with Gasteiger partial charge in [-0.2, -0.15) is 9.61 Å². The van der Waals surface area contributed by atoms with Crippen molar-refractivity contribution >= 4 is 28.2 Å². The van der Waals surface area contributed by atoms with E-state index in [9.17, 15) is 14.4 Å². The second-order valence-electron chi connectivity index (χ2n) is 6.27. The van der Waals surface area contributed by atoms with E-state index in [0.29, 0.717) is 22.6 Å². The molecule has 2 aromatic heterocycles. The van der Waals surface area contributed by atoms with Crippen LogP contribution in [0.4, 0.5) is 0 Å². The quantitative estimate of drug-likeness (QED) is 0.633. The Morgan fingerprint density at radius 1 is 1.21 bits per heavy atom. The summed E-state index contributed by atoms with van der Waals surface area (Å²) in [6, 6.07) is 6.61. The van der Waals surface area contributed by atoms with E-state index in [4.69, 9.17) is 4.74 Å². The van der Waals surface area contributed by atoms with Gasteiger partial charge in [0.2, 0.25) is 4.96 Å². The third-order valence-corrected chi connectivity index (χ3v) is 5.24. The highest BCUT2D eigenvalue weighted by atomic mass is 32.1. The molecule has 2 heterocycles. The molecule has 1 amide bonds. The number of fused-ring (bicyclic) bond motifs is 1. The fourth-order valence-corrected chi connectivity index (χ4v) is 3.31. The van der Waals surface area contributed by atoms with Crippen LogP contribution in [0.25, 0.3) is 4.96 Å². The first-order valence-corrected chi connectivity index (χ1v) is 9.58. The summed E-state index contributed by atoms with van der Waals surface area (Å²) >= 11 is 1.32. The molecule has 0 saturated heterocycles. The van der Waals surface area contributed by atoms with Crippen molar-refractivity contribution in [3.8, 4) is 0 Å². The Morgan fingerprint density at radius 2 is 2.00 bits per heavy atom. The molecule has 0 unspecified atom stereocenters. The van der Waals surface area contributed by atoms with Crippen molar-refractivity contribution in [3.05, 3.63) is 62.0 Å². The summed E-state index contributed by atoms with van der Waals surface area (Å²) in [5.74, 6) is -0.965. The molecule has 9 heteroatoms. The number of rotatable bonds is 6. The Hall–Kier alpha value is -3.07. The number of benzene rings is 1. The average molecular weight is 400 g/mol. The van der Waals surface area contributed by atoms with Crippen molar-refractivity contribution in [2.75, 3.05) is 6.54 Å². The summed E-state index contributed by atoms with van der Waals surface area (Å²) in [7, 11) is 0. The minimum atomic E-state index is -0.613. The lowest BCUT2D eigenvalue weighted by Crippen LogP contribution is -2.30. The Bertz CT molecular complexity index is 1100. The van der Waals surface area contributed by atoms with Crippen LogP contribution in [-0.4, -0.2) is 33.0 Å². The predicted molar refractivity (Wildman–Crippen MR) is 105 cm³/mol. The molecule has 146 valence electrons. The smallest absolute Gasteiger partial charge is 0.325 e. The minimum Gasteiger partial charge on any atom is -0.458 e. The normalized spacial score (nSPS) is 10.8. The molecule has 0 atom stereocenters. The number of hydrogen-bond acceptors (Lipinski definition) is 7. The van der Waals surface area contributed by atoms with E-state index in [0.717, 1.165) is 16.1 Å². The summed E-state index contributed by atoms with van der Waals surface area (Å²) in [5.41, 5.74) is 2.58. The highest BCUT2D eigenvalue weighted by Gasteiger charge is 2.12. The number of hydrogen-bond donors (Lipinski definition) is 1. The number of carbonyl (C=O) groups is 2. The van der Waals surface area contributed by atoms with Crippen LogP contribution < -0.4 is 10.9 Å². The largest absolute Gasteiger partial charge is 0.458 e. The maximum absolute atomic E-state index is 12.1. The molecule has 0 saturated carbocycles. The summed E-state index contributed by atoms with van der Waals surface area (Å²) in [6.07, 6.45) is 0.706. The van der Waals surface area contributed by atoms with E-state index >= 15 is 0 Å². The maximum atomic E-state index is 12.1. The lowest BCUT2D eigenvalue weighted by atomic mass is 10.1. The van der Waals surface area contributed by atoms with Gasteiger partial charge in [0.25, 0.3) is 11.5 Å². The molecular weight excluding hydrogens is 380 g/mol. The van der Waals surface area contributed by atoms with Gasteiger partial charge in [0.1, 0.15) is 18.2 Å². The molecule has 1 aromatic carbocycles. The molecule has 0 bridgehead atoms. The van der Waals surface area contributed by atoms with Crippen molar-refractivity contribution in [1.82, 2.24) is 19.9 Å². The lowest BCUT2D eigenvalue weighted by molar-refractivity contribution is -0.143. The van der Waals surface area contributed by atoms with Crippen molar-refractivity contribution in [2.45, 2.75) is 33.8 Å². The fourth-order valence-electron chi connectivity index (χ4n) is 2.46. The van der Waals surface area contributed by atoms with Crippen molar-refractivity contribution in [1.29, 1.82) is 0 Å². The molecule has 1 N–H and O–H groups in total. The van der Waals surface area contributed by atoms with Gasteiger partial charge in [-0.15, -0.1) is 0 Å². The number of nitrogens with one attached hydrogen (secondary N) is 1. The summed E-state index contributed by atoms with van der Waals surface area (Å²) in [4.78, 5) is 40.9. The first-order chi connectivity index (χ1) is 13.4. The lowest BCUT2D eigenvalue weighted by Gasteiger charge is -2.07. The minimum absolute atomic E-state index is 0.149. The second kappa shape index (κ2) is 8.30. The van der Waals surface area contributed by atoms with Gasteiger partial charge in [-0.3, -0.25) is 14.4 Å². The SMILES string of the molecule is CCc1nn2c(=O)cc(COC(=O)CNC(=O)c3ccc(C)c(C)c3)nc2s1. The van der Waals surface area contributed by atoms with E-state index < -0.39 is 5.97 Å². The van der Waals surface area contributed by atoms with Gasteiger partial charge in [0, 0.05) is 11.6 Å². The van der Waals surface area contributed by atoms with Gasteiger partial charge < -0.3 is 10.1 Å². The number of carbonyl (C=O) groups excluding carboxylic acids is 2. The van der Waals surface area contributed by atoms with Crippen LogP contribution in [0.5, 0.6) is 0 Å². The zero-order chi connectivity index (χ0) is 20.3. The topological polar surface area (TPSA) is 103 Å². The number of ether oxygens (including phenoxy) is 1. The fraction of sp³-hybridized carbons (Fsp3) is 0.316. The summed E-state index contributed by atoms with van der Waals surface area (Å²) in [5, 5.41) is 7.49. The van der Waals surface area contributed by atoms with Gasteiger partial charge in [0.15, 0.2) is 0 Å². The van der Waals surface area contributed by atoms with Crippen LogP contribution >= 0.6 is 11.3 Å². The van der Waals surface area contributed by atoms with E-state index in [1.54, 1.807) is 12.1 Å². The van der Waals surface area contributed by atoms with Crippen LogP contribution in [0.3, 0.4) is 0 Å². The Labute approximate surface area is 165 Å². The molecule has 3 aromatic rings. The third-order valence-electron chi connectivity index (χ3n) is 4.19. The van der Waals surface area contributed by atoms with Gasteiger partial charge in [-0.05, 0) is 43.5 Å². The molecule has 0 aliphatic rings. The molecule has 0 spiro atoms. The molecule has 8 nitrogen and oxygen atoms in total. The van der Waals surface area contributed by atoms with E-state index in [-0.39, 0.29) is 24.6 Å². The summed E-state index contributed by atoms with van der Waals surface area (Å²) in [6.45, 7) is 5.40. The average Bonchev–Trinajstić information content (AvgIpc) is 3.10. The number of aryl methyl sites for hydroxylation is 3. The maximum Gasteiger partial charge on any atom is 0.325 e. The third kappa shape index (κ3) is 4.42. The Kier molecular flexibility index (Phi) is 5.84. The van der Waals surface area contributed by atoms with E-state index in [1.807, 2.05) is 26.8 Å².